The third-order valence-electron chi connectivity index (χ3n) is 6.00. The van der Waals surface area contributed by atoms with Gasteiger partial charge in [-0.3, -0.25) is 14.2 Å². The van der Waals surface area contributed by atoms with Gasteiger partial charge in [0, 0.05) is 17.8 Å². The third kappa shape index (κ3) is 6.02. The van der Waals surface area contributed by atoms with Crippen molar-refractivity contribution >= 4 is 51.1 Å². The number of ether oxygens (including phenoxy) is 2. The second-order valence-corrected chi connectivity index (χ2v) is 12.2. The SMILES string of the molecule is COc1ccc([C@H]2C(C(=O)OC(C)C)=C(C)N=c3s/c(=C/c4cc(Br)c(Sc5nc(C)cc(=O)[nH]5)o4)c(=O)n32)cc1. The maximum absolute atomic E-state index is 13.9. The van der Waals surface area contributed by atoms with Gasteiger partial charge in [0.25, 0.3) is 11.1 Å². The number of benzene rings is 1. The number of carbonyl (C=O) groups is 1. The van der Waals surface area contributed by atoms with E-state index in [0.29, 0.717) is 58.1 Å². The highest BCUT2D eigenvalue weighted by Crippen LogP contribution is 2.35. The molecule has 0 radical (unpaired) electrons. The summed E-state index contributed by atoms with van der Waals surface area (Å²) in [5.74, 6) is 0.529. The number of rotatable bonds is 7. The molecule has 1 atom stereocenters. The summed E-state index contributed by atoms with van der Waals surface area (Å²) in [5.41, 5.74) is 1.47. The molecule has 1 aliphatic heterocycles. The summed E-state index contributed by atoms with van der Waals surface area (Å²) in [6, 6.07) is 9.58. The fourth-order valence-corrected chi connectivity index (χ4v) is 6.68. The number of esters is 1. The van der Waals surface area contributed by atoms with E-state index >= 15 is 0 Å². The Morgan fingerprint density at radius 2 is 1.95 bits per heavy atom. The van der Waals surface area contributed by atoms with Crippen molar-refractivity contribution in [1.29, 1.82) is 0 Å². The number of hydrogen-bond acceptors (Lipinski definition) is 10. The van der Waals surface area contributed by atoms with Gasteiger partial charge < -0.3 is 18.9 Å². The quantitative estimate of drug-likeness (QED) is 0.233. The van der Waals surface area contributed by atoms with E-state index in [4.69, 9.17) is 13.9 Å². The van der Waals surface area contributed by atoms with Crippen molar-refractivity contribution in [3.05, 3.63) is 99.2 Å². The average Bonchev–Trinajstić information content (AvgIpc) is 3.39. The van der Waals surface area contributed by atoms with Gasteiger partial charge in [-0.1, -0.05) is 23.5 Å². The van der Waals surface area contributed by atoms with Crippen LogP contribution in [-0.2, 0) is 9.53 Å². The van der Waals surface area contributed by atoms with E-state index in [0.717, 1.165) is 11.8 Å². The number of aromatic nitrogens is 3. The minimum atomic E-state index is -0.746. The maximum atomic E-state index is 13.9. The van der Waals surface area contributed by atoms with Gasteiger partial charge in [0.2, 0.25) is 0 Å². The molecule has 13 heteroatoms. The first-order valence-electron chi connectivity index (χ1n) is 12.5. The number of nitrogens with one attached hydrogen (secondary N) is 1. The minimum Gasteiger partial charge on any atom is -0.497 e. The van der Waals surface area contributed by atoms with E-state index < -0.39 is 12.0 Å². The summed E-state index contributed by atoms with van der Waals surface area (Å²) in [6.07, 6.45) is 1.28. The Balaban J connectivity index is 1.60. The number of H-pyrrole nitrogens is 1. The number of hydrogen-bond donors (Lipinski definition) is 1. The molecule has 0 fully saturated rings. The van der Waals surface area contributed by atoms with Crippen LogP contribution in [0.3, 0.4) is 0 Å². The van der Waals surface area contributed by atoms with Crippen LogP contribution < -0.4 is 25.2 Å². The lowest BCUT2D eigenvalue weighted by Crippen LogP contribution is -2.40. The Kier molecular flexibility index (Phi) is 8.20. The summed E-state index contributed by atoms with van der Waals surface area (Å²) < 4.78 is 19.3. The van der Waals surface area contributed by atoms with Crippen LogP contribution in [-0.4, -0.2) is 33.7 Å². The lowest BCUT2D eigenvalue weighted by molar-refractivity contribution is -0.143. The van der Waals surface area contributed by atoms with Crippen LogP contribution in [0.4, 0.5) is 0 Å². The highest BCUT2D eigenvalue weighted by molar-refractivity contribution is 9.10. The number of nitrogens with zero attached hydrogens (tertiary/aromatic N) is 3. The molecule has 10 nitrogen and oxygen atoms in total. The smallest absolute Gasteiger partial charge is 0.338 e. The molecule has 0 aliphatic carbocycles. The Morgan fingerprint density at radius 3 is 2.61 bits per heavy atom. The van der Waals surface area contributed by atoms with Gasteiger partial charge >= 0.3 is 5.97 Å². The standard InChI is InChI=1S/C28H25BrN4O6S2/c1-13(2)38-25(36)22-15(4)31-28-33(23(22)16-6-8-17(37-5)9-7-16)24(35)20(40-28)12-18-11-19(29)26(39-18)41-27-30-14(3)10-21(34)32-27/h6-13,23H,1-5H3,(H,30,32,34)/b20-12+/t23-/m0/s1. The van der Waals surface area contributed by atoms with Crippen LogP contribution >= 0.6 is 39.0 Å². The number of carbonyl (C=O) groups excluding carboxylic acids is 1. The summed E-state index contributed by atoms with van der Waals surface area (Å²) in [4.78, 5) is 51.0. The molecular formula is C28H25BrN4O6S2. The number of fused-ring (bicyclic) bond motifs is 1. The molecule has 1 aromatic carbocycles. The van der Waals surface area contributed by atoms with Gasteiger partial charge in [-0.25, -0.2) is 14.8 Å². The molecule has 5 rings (SSSR count). The molecule has 0 amide bonds. The van der Waals surface area contributed by atoms with Crippen LogP contribution in [0.25, 0.3) is 6.08 Å². The largest absolute Gasteiger partial charge is 0.497 e. The Bertz CT molecular complexity index is 1920. The summed E-state index contributed by atoms with van der Waals surface area (Å²) in [5, 5.41) is 0.843. The number of methoxy groups -OCH3 is 1. The first-order chi connectivity index (χ1) is 19.5. The van der Waals surface area contributed by atoms with Gasteiger partial charge in [0.15, 0.2) is 15.1 Å². The molecule has 41 heavy (non-hydrogen) atoms. The fraction of sp³-hybridized carbons (Fsp3) is 0.250. The van der Waals surface area contributed by atoms with Crippen LogP contribution in [0.15, 0.2) is 81.4 Å². The van der Waals surface area contributed by atoms with Crippen molar-refractivity contribution in [2.75, 3.05) is 7.11 Å². The van der Waals surface area contributed by atoms with E-state index in [9.17, 15) is 14.4 Å². The van der Waals surface area contributed by atoms with Crippen molar-refractivity contribution < 1.29 is 18.7 Å². The highest BCUT2D eigenvalue weighted by Gasteiger charge is 2.34. The van der Waals surface area contributed by atoms with Crippen LogP contribution in [0.2, 0.25) is 0 Å². The normalized spacial score (nSPS) is 15.2. The molecule has 0 bridgehead atoms. The maximum Gasteiger partial charge on any atom is 0.338 e. The van der Waals surface area contributed by atoms with E-state index in [-0.39, 0.29) is 17.2 Å². The molecule has 1 aliphatic rings. The van der Waals surface area contributed by atoms with Gasteiger partial charge in [-0.15, -0.1) is 0 Å². The summed E-state index contributed by atoms with van der Waals surface area (Å²) >= 11 is 5.82. The Hall–Kier alpha value is -3.68. The van der Waals surface area contributed by atoms with Crippen LogP contribution in [0.1, 0.15) is 43.8 Å². The Morgan fingerprint density at radius 1 is 1.22 bits per heavy atom. The molecule has 1 N–H and O–H groups in total. The highest BCUT2D eigenvalue weighted by atomic mass is 79.9. The van der Waals surface area contributed by atoms with Gasteiger partial charge in [0.1, 0.15) is 11.5 Å². The predicted molar refractivity (Wildman–Crippen MR) is 158 cm³/mol. The molecule has 0 spiro atoms. The van der Waals surface area contributed by atoms with Gasteiger partial charge in [0.05, 0.1) is 39.5 Å². The summed E-state index contributed by atoms with van der Waals surface area (Å²) in [6.45, 7) is 7.01. The van der Waals surface area contributed by atoms with Crippen molar-refractivity contribution in [2.24, 2.45) is 4.99 Å². The van der Waals surface area contributed by atoms with E-state index in [1.807, 2.05) is 12.1 Å². The number of thiazole rings is 1. The second-order valence-electron chi connectivity index (χ2n) is 9.39. The third-order valence-corrected chi connectivity index (χ3v) is 8.71. The second kappa shape index (κ2) is 11.7. The zero-order valence-corrected chi connectivity index (χ0v) is 25.9. The van der Waals surface area contributed by atoms with Gasteiger partial charge in [-0.05, 0) is 79.1 Å². The molecule has 0 saturated heterocycles. The van der Waals surface area contributed by atoms with Crippen LogP contribution in [0, 0.1) is 6.92 Å². The van der Waals surface area contributed by atoms with Crippen molar-refractivity contribution in [3.8, 4) is 5.75 Å². The van der Waals surface area contributed by atoms with Gasteiger partial charge in [-0.2, -0.15) is 0 Å². The van der Waals surface area contributed by atoms with E-state index in [1.54, 1.807) is 59.1 Å². The zero-order chi connectivity index (χ0) is 29.4. The van der Waals surface area contributed by atoms with Crippen LogP contribution in [0.5, 0.6) is 5.75 Å². The first kappa shape index (κ1) is 28.8. The number of furan rings is 1. The number of aryl methyl sites for hydroxylation is 1. The molecule has 0 unspecified atom stereocenters. The number of allylic oxidation sites excluding steroid dienone is 1. The molecule has 3 aromatic heterocycles. The molecule has 212 valence electrons. The monoisotopic (exact) mass is 656 g/mol. The summed E-state index contributed by atoms with van der Waals surface area (Å²) in [7, 11) is 1.57. The number of halogens is 1. The topological polar surface area (TPSA) is 129 Å². The van der Waals surface area contributed by atoms with E-state index in [2.05, 4.69) is 30.9 Å². The van der Waals surface area contributed by atoms with Crippen molar-refractivity contribution in [3.63, 3.8) is 0 Å². The van der Waals surface area contributed by atoms with Crippen molar-refractivity contribution in [1.82, 2.24) is 14.5 Å². The molecule has 4 heterocycles. The van der Waals surface area contributed by atoms with E-state index in [1.165, 1.54) is 22.0 Å². The van der Waals surface area contributed by atoms with Crippen molar-refractivity contribution in [2.45, 2.75) is 50.1 Å². The number of aromatic amines is 1. The Labute approximate surface area is 250 Å². The zero-order valence-electron chi connectivity index (χ0n) is 22.7. The lowest BCUT2D eigenvalue weighted by Gasteiger charge is -2.25. The molecule has 0 saturated carbocycles. The molecular weight excluding hydrogens is 632 g/mol. The predicted octanol–water partition coefficient (Wildman–Crippen LogP) is 4.09. The lowest BCUT2D eigenvalue weighted by atomic mass is 9.96. The fourth-order valence-electron chi connectivity index (χ4n) is 4.29. The minimum absolute atomic E-state index is 0.262. The first-order valence-corrected chi connectivity index (χ1v) is 14.9. The average molecular weight is 658 g/mol. The molecule has 4 aromatic rings.